The van der Waals surface area contributed by atoms with Crippen LogP contribution in [-0.4, -0.2) is 27.7 Å². The van der Waals surface area contributed by atoms with E-state index in [-0.39, 0.29) is 11.3 Å². The van der Waals surface area contributed by atoms with Crippen molar-refractivity contribution in [3.05, 3.63) is 11.1 Å². The molecule has 5 rings (SSSR count). The van der Waals surface area contributed by atoms with E-state index in [1.807, 2.05) is 4.90 Å². The normalized spacial score (nSPS) is 46.1. The first-order valence-corrected chi connectivity index (χ1v) is 9.90. The molecule has 3 fully saturated rings. The average Bonchev–Trinajstić information content (AvgIpc) is 2.74. The van der Waals surface area contributed by atoms with Gasteiger partial charge in [-0.2, -0.15) is 0 Å². The average molecular weight is 315 g/mol. The molecule has 1 N–H and O–H groups in total. The van der Waals surface area contributed by atoms with Crippen LogP contribution >= 0.6 is 0 Å². The Morgan fingerprint density at radius 2 is 1.83 bits per heavy atom. The van der Waals surface area contributed by atoms with Crippen molar-refractivity contribution in [1.82, 2.24) is 4.90 Å². The second-order valence-corrected chi connectivity index (χ2v) is 8.88. The van der Waals surface area contributed by atoms with Gasteiger partial charge in [0.15, 0.2) is 0 Å². The first-order valence-electron chi connectivity index (χ1n) is 9.90. The zero-order valence-electron chi connectivity index (χ0n) is 14.1. The standard InChI is InChI=1S/C20H29NO2/c22-17-9-3-4-11-20(23)13-19-10-5-7-15(18(19)21(17)20)12-14-6-1-2-8-16(14)19/h15,18,23H,1-13H2/t15-,18+,19-,20+/m1/s1. The van der Waals surface area contributed by atoms with Gasteiger partial charge < -0.3 is 10.0 Å². The van der Waals surface area contributed by atoms with Crippen molar-refractivity contribution in [2.24, 2.45) is 11.3 Å². The van der Waals surface area contributed by atoms with Crippen LogP contribution in [0.2, 0.25) is 0 Å². The Hall–Kier alpha value is -0.830. The highest BCUT2D eigenvalue weighted by atomic mass is 16.3. The highest BCUT2D eigenvalue weighted by Gasteiger charge is 2.66. The van der Waals surface area contributed by atoms with E-state index in [2.05, 4.69) is 0 Å². The third-order valence-electron chi connectivity index (χ3n) is 7.71. The molecule has 0 spiro atoms. The summed E-state index contributed by atoms with van der Waals surface area (Å²) in [6.07, 6.45) is 14.4. The van der Waals surface area contributed by atoms with Crippen LogP contribution in [0.1, 0.15) is 83.5 Å². The van der Waals surface area contributed by atoms with Gasteiger partial charge in [0.05, 0.1) is 0 Å². The van der Waals surface area contributed by atoms with Crippen molar-refractivity contribution in [3.8, 4) is 0 Å². The van der Waals surface area contributed by atoms with Gasteiger partial charge in [0.1, 0.15) is 5.72 Å². The van der Waals surface area contributed by atoms with Gasteiger partial charge >= 0.3 is 0 Å². The number of hydrogen-bond donors (Lipinski definition) is 1. The number of allylic oxidation sites excluding steroid dienone is 1. The van der Waals surface area contributed by atoms with Crippen molar-refractivity contribution >= 4 is 5.91 Å². The Bertz CT molecular complexity index is 582. The number of rotatable bonds is 0. The van der Waals surface area contributed by atoms with Crippen LogP contribution in [0.3, 0.4) is 0 Å². The molecule has 3 heteroatoms. The maximum absolute atomic E-state index is 12.9. The molecule has 0 aromatic rings. The fourth-order valence-electron chi connectivity index (χ4n) is 7.10. The lowest BCUT2D eigenvalue weighted by Crippen LogP contribution is -2.56. The minimum absolute atomic E-state index is 0.138. The van der Waals surface area contributed by atoms with Crippen LogP contribution in [0.15, 0.2) is 11.1 Å². The summed E-state index contributed by atoms with van der Waals surface area (Å²) in [4.78, 5) is 14.9. The van der Waals surface area contributed by atoms with E-state index in [1.54, 1.807) is 11.1 Å². The Labute approximate surface area is 139 Å². The monoisotopic (exact) mass is 315 g/mol. The molecule has 2 saturated heterocycles. The maximum atomic E-state index is 12.9. The lowest BCUT2D eigenvalue weighted by Gasteiger charge is -2.53. The molecule has 1 amide bonds. The first kappa shape index (κ1) is 14.5. The number of aliphatic hydroxyl groups is 1. The number of amides is 1. The van der Waals surface area contributed by atoms with Crippen molar-refractivity contribution in [1.29, 1.82) is 0 Å². The zero-order valence-corrected chi connectivity index (χ0v) is 14.1. The molecule has 3 nitrogen and oxygen atoms in total. The molecule has 2 aliphatic heterocycles. The van der Waals surface area contributed by atoms with E-state index in [1.165, 1.54) is 51.4 Å². The van der Waals surface area contributed by atoms with Gasteiger partial charge in [0.2, 0.25) is 5.91 Å². The van der Waals surface area contributed by atoms with Crippen LogP contribution in [0, 0.1) is 11.3 Å². The van der Waals surface area contributed by atoms with Gasteiger partial charge in [-0.3, -0.25) is 4.79 Å². The van der Waals surface area contributed by atoms with Gasteiger partial charge in [-0.1, -0.05) is 17.6 Å². The van der Waals surface area contributed by atoms with E-state index in [0.717, 1.165) is 25.7 Å². The molecule has 5 aliphatic rings. The van der Waals surface area contributed by atoms with Gasteiger partial charge in [0, 0.05) is 24.3 Å². The number of fused-ring (bicyclic) bond motifs is 1. The largest absolute Gasteiger partial charge is 0.371 e. The lowest BCUT2D eigenvalue weighted by molar-refractivity contribution is -0.158. The molecule has 4 atom stereocenters. The minimum atomic E-state index is -0.846. The van der Waals surface area contributed by atoms with E-state index in [4.69, 9.17) is 0 Å². The number of carbonyl (C=O) groups is 1. The summed E-state index contributed by atoms with van der Waals surface area (Å²) >= 11 is 0. The molecule has 23 heavy (non-hydrogen) atoms. The number of hydrogen-bond acceptors (Lipinski definition) is 2. The summed E-state index contributed by atoms with van der Waals surface area (Å²) in [5, 5.41) is 11.5. The predicted molar refractivity (Wildman–Crippen MR) is 88.6 cm³/mol. The molecule has 0 aromatic heterocycles. The molecule has 2 bridgehead atoms. The lowest BCUT2D eigenvalue weighted by atomic mass is 9.54. The van der Waals surface area contributed by atoms with E-state index in [0.29, 0.717) is 18.4 Å². The summed E-state index contributed by atoms with van der Waals surface area (Å²) in [6, 6.07) is 0.309. The molecular formula is C20H29NO2. The molecule has 3 aliphatic carbocycles. The van der Waals surface area contributed by atoms with Crippen molar-refractivity contribution < 1.29 is 9.90 Å². The van der Waals surface area contributed by atoms with Crippen LogP contribution in [0.4, 0.5) is 0 Å². The second kappa shape index (κ2) is 4.84. The summed E-state index contributed by atoms with van der Waals surface area (Å²) in [7, 11) is 0. The summed E-state index contributed by atoms with van der Waals surface area (Å²) in [5.74, 6) is 0.848. The third-order valence-corrected chi connectivity index (χ3v) is 7.71. The molecule has 1 saturated carbocycles. The van der Waals surface area contributed by atoms with E-state index >= 15 is 0 Å². The topological polar surface area (TPSA) is 40.5 Å². The van der Waals surface area contributed by atoms with E-state index < -0.39 is 5.72 Å². The van der Waals surface area contributed by atoms with Crippen LogP contribution in [0.25, 0.3) is 0 Å². The van der Waals surface area contributed by atoms with E-state index in [9.17, 15) is 9.90 Å². The van der Waals surface area contributed by atoms with Crippen LogP contribution in [-0.2, 0) is 4.79 Å². The molecule has 0 unspecified atom stereocenters. The summed E-state index contributed by atoms with van der Waals surface area (Å²) in [5.41, 5.74) is 2.71. The Balaban J connectivity index is 1.67. The number of carbonyl (C=O) groups excluding carboxylic acids is 1. The summed E-state index contributed by atoms with van der Waals surface area (Å²) < 4.78 is 0. The molecule has 0 radical (unpaired) electrons. The SMILES string of the molecule is O=C1CCCC[C@]2(O)C[C@]34CCC[C@H](CC5=C3CCCC5)[C@@H]4N12. The van der Waals surface area contributed by atoms with Gasteiger partial charge in [0.25, 0.3) is 0 Å². The number of nitrogens with zero attached hydrogens (tertiary/aromatic N) is 1. The van der Waals surface area contributed by atoms with Crippen molar-refractivity contribution in [2.45, 2.75) is 95.2 Å². The third kappa shape index (κ3) is 1.83. The summed E-state index contributed by atoms with van der Waals surface area (Å²) in [6.45, 7) is 0. The zero-order chi connectivity index (χ0) is 15.7. The molecular weight excluding hydrogens is 286 g/mol. The minimum Gasteiger partial charge on any atom is -0.371 e. The second-order valence-electron chi connectivity index (χ2n) is 8.88. The fourth-order valence-corrected chi connectivity index (χ4v) is 7.10. The van der Waals surface area contributed by atoms with Crippen LogP contribution in [0.5, 0.6) is 0 Å². The Kier molecular flexibility index (Phi) is 3.05. The quantitative estimate of drug-likeness (QED) is 0.689. The Morgan fingerprint density at radius 3 is 2.74 bits per heavy atom. The predicted octanol–water partition coefficient (Wildman–Crippen LogP) is 3.91. The fraction of sp³-hybridized carbons (Fsp3) is 0.850. The smallest absolute Gasteiger partial charge is 0.225 e. The highest BCUT2D eigenvalue weighted by Crippen LogP contribution is 2.65. The van der Waals surface area contributed by atoms with Crippen molar-refractivity contribution in [3.63, 3.8) is 0 Å². The van der Waals surface area contributed by atoms with Gasteiger partial charge in [-0.25, -0.2) is 0 Å². The molecule has 0 aromatic carbocycles. The van der Waals surface area contributed by atoms with Crippen LogP contribution < -0.4 is 0 Å². The van der Waals surface area contributed by atoms with Crippen molar-refractivity contribution in [2.75, 3.05) is 0 Å². The van der Waals surface area contributed by atoms with Gasteiger partial charge in [-0.15, -0.1) is 0 Å². The maximum Gasteiger partial charge on any atom is 0.225 e. The molecule has 126 valence electrons. The first-order chi connectivity index (χ1) is 11.1. The Morgan fingerprint density at radius 1 is 1.00 bits per heavy atom. The highest BCUT2D eigenvalue weighted by molar-refractivity contribution is 5.78. The molecule has 2 heterocycles. The van der Waals surface area contributed by atoms with Gasteiger partial charge in [-0.05, 0) is 70.1 Å².